The van der Waals surface area contributed by atoms with Crippen LogP contribution in [0.1, 0.15) is 25.0 Å². The van der Waals surface area contributed by atoms with Crippen LogP contribution in [0, 0.1) is 6.92 Å². The molecule has 2 nitrogen and oxygen atoms in total. The summed E-state index contributed by atoms with van der Waals surface area (Å²) in [5.74, 6) is 0. The van der Waals surface area contributed by atoms with Crippen LogP contribution >= 0.6 is 0 Å². The van der Waals surface area contributed by atoms with Crippen molar-refractivity contribution in [3.05, 3.63) is 35.4 Å². The van der Waals surface area contributed by atoms with Gasteiger partial charge in [0.25, 0.3) is 0 Å². The first kappa shape index (κ1) is 12.2. The molecule has 0 fully saturated rings. The largest absolute Gasteiger partial charge is 0.380 e. The minimum atomic E-state index is 0.409. The third-order valence-corrected chi connectivity index (χ3v) is 2.35. The Hall–Kier alpha value is -0.860. The van der Waals surface area contributed by atoms with Crippen molar-refractivity contribution in [1.82, 2.24) is 5.32 Å². The van der Waals surface area contributed by atoms with Gasteiger partial charge in [-0.05, 0) is 26.3 Å². The molecular weight excluding hydrogens is 186 g/mol. The zero-order valence-electron chi connectivity index (χ0n) is 9.92. The highest BCUT2D eigenvalue weighted by Gasteiger charge is 2.00. The topological polar surface area (TPSA) is 21.3 Å². The summed E-state index contributed by atoms with van der Waals surface area (Å²) in [4.78, 5) is 0. The number of benzene rings is 1. The summed E-state index contributed by atoms with van der Waals surface area (Å²) in [5, 5.41) is 3.43. The van der Waals surface area contributed by atoms with Crippen LogP contribution in [0.5, 0.6) is 0 Å². The molecule has 1 unspecified atom stereocenters. The first-order chi connectivity index (χ1) is 7.22. The number of rotatable bonds is 6. The Bertz CT molecular complexity index is 268. The Balaban J connectivity index is 2.27. The van der Waals surface area contributed by atoms with Gasteiger partial charge in [0.05, 0.1) is 6.61 Å². The van der Waals surface area contributed by atoms with Crippen LogP contribution in [0.3, 0.4) is 0 Å². The fraction of sp³-hybridized carbons (Fsp3) is 0.538. The van der Waals surface area contributed by atoms with Gasteiger partial charge >= 0.3 is 0 Å². The lowest BCUT2D eigenvalue weighted by atomic mass is 10.1. The van der Waals surface area contributed by atoms with Gasteiger partial charge in [0.1, 0.15) is 0 Å². The predicted octanol–water partition coefficient (Wildman–Crippen LogP) is 2.51. The van der Waals surface area contributed by atoms with Crippen LogP contribution in [0.15, 0.2) is 24.3 Å². The fourth-order valence-corrected chi connectivity index (χ4v) is 1.35. The molecule has 0 radical (unpaired) electrons. The smallest absolute Gasteiger partial charge is 0.0616 e. The van der Waals surface area contributed by atoms with Gasteiger partial charge in [-0.15, -0.1) is 0 Å². The Morgan fingerprint density at radius 3 is 2.53 bits per heavy atom. The fourth-order valence-electron chi connectivity index (χ4n) is 1.35. The van der Waals surface area contributed by atoms with E-state index in [1.807, 2.05) is 6.92 Å². The van der Waals surface area contributed by atoms with Crippen LogP contribution in [0.25, 0.3) is 0 Å². The monoisotopic (exact) mass is 207 g/mol. The second-order valence-electron chi connectivity index (χ2n) is 3.93. The predicted molar refractivity (Wildman–Crippen MR) is 64.0 cm³/mol. The molecule has 0 amide bonds. The Labute approximate surface area is 92.6 Å². The van der Waals surface area contributed by atoms with E-state index in [-0.39, 0.29) is 0 Å². The highest BCUT2D eigenvalue weighted by atomic mass is 16.5. The van der Waals surface area contributed by atoms with E-state index >= 15 is 0 Å². The van der Waals surface area contributed by atoms with Crippen molar-refractivity contribution < 1.29 is 4.74 Å². The molecule has 1 aromatic carbocycles. The molecule has 0 aliphatic rings. The van der Waals surface area contributed by atoms with Gasteiger partial charge < -0.3 is 10.1 Å². The summed E-state index contributed by atoms with van der Waals surface area (Å²) in [6.07, 6.45) is 0. The van der Waals surface area contributed by atoms with Gasteiger partial charge in [-0.2, -0.15) is 0 Å². The average molecular weight is 207 g/mol. The number of nitrogens with one attached hydrogen (secondary N) is 1. The Kier molecular flexibility index (Phi) is 5.37. The molecular formula is C13H21NO. The van der Waals surface area contributed by atoms with Crippen molar-refractivity contribution in [2.45, 2.75) is 33.4 Å². The van der Waals surface area contributed by atoms with Gasteiger partial charge in [-0.3, -0.25) is 0 Å². The molecule has 15 heavy (non-hydrogen) atoms. The molecule has 0 spiro atoms. The van der Waals surface area contributed by atoms with Crippen molar-refractivity contribution in [3.63, 3.8) is 0 Å². The van der Waals surface area contributed by atoms with E-state index in [4.69, 9.17) is 4.74 Å². The summed E-state index contributed by atoms with van der Waals surface area (Å²) in [6.45, 7) is 8.75. The molecule has 0 saturated carbocycles. The minimum absolute atomic E-state index is 0.409. The highest BCUT2D eigenvalue weighted by Crippen LogP contribution is 2.02. The van der Waals surface area contributed by atoms with E-state index in [1.54, 1.807) is 0 Å². The molecule has 0 aliphatic heterocycles. The molecule has 1 aromatic rings. The van der Waals surface area contributed by atoms with Crippen LogP contribution in [0.4, 0.5) is 0 Å². The SMILES string of the molecule is CCOCC(C)NCc1ccc(C)cc1. The first-order valence-electron chi connectivity index (χ1n) is 5.59. The Morgan fingerprint density at radius 1 is 1.27 bits per heavy atom. The molecule has 1 atom stereocenters. The molecule has 1 N–H and O–H groups in total. The summed E-state index contributed by atoms with van der Waals surface area (Å²) in [7, 11) is 0. The van der Waals surface area contributed by atoms with Crippen molar-refractivity contribution in [2.75, 3.05) is 13.2 Å². The van der Waals surface area contributed by atoms with Crippen molar-refractivity contribution in [3.8, 4) is 0 Å². The van der Waals surface area contributed by atoms with E-state index < -0.39 is 0 Å². The van der Waals surface area contributed by atoms with Crippen LogP contribution < -0.4 is 5.32 Å². The molecule has 2 heteroatoms. The number of ether oxygens (including phenoxy) is 1. The van der Waals surface area contributed by atoms with E-state index in [0.717, 1.165) is 19.8 Å². The second-order valence-corrected chi connectivity index (χ2v) is 3.93. The maximum atomic E-state index is 5.34. The average Bonchev–Trinajstić information content (AvgIpc) is 2.25. The summed E-state index contributed by atoms with van der Waals surface area (Å²) >= 11 is 0. The van der Waals surface area contributed by atoms with Crippen LogP contribution in [0.2, 0.25) is 0 Å². The standard InChI is InChI=1S/C13H21NO/c1-4-15-10-12(3)14-9-13-7-5-11(2)6-8-13/h5-8,12,14H,4,9-10H2,1-3H3. The van der Waals surface area contributed by atoms with Crippen molar-refractivity contribution >= 4 is 0 Å². The lowest BCUT2D eigenvalue weighted by molar-refractivity contribution is 0.127. The van der Waals surface area contributed by atoms with Crippen LogP contribution in [-0.2, 0) is 11.3 Å². The maximum Gasteiger partial charge on any atom is 0.0616 e. The molecule has 0 bridgehead atoms. The third-order valence-electron chi connectivity index (χ3n) is 2.35. The molecule has 0 aromatic heterocycles. The highest BCUT2D eigenvalue weighted by molar-refractivity contribution is 5.21. The van der Waals surface area contributed by atoms with Crippen LogP contribution in [-0.4, -0.2) is 19.3 Å². The molecule has 0 aliphatic carbocycles. The number of hydrogen-bond acceptors (Lipinski definition) is 2. The second kappa shape index (κ2) is 6.59. The zero-order valence-corrected chi connectivity index (χ0v) is 9.92. The van der Waals surface area contributed by atoms with E-state index in [9.17, 15) is 0 Å². The number of hydrogen-bond donors (Lipinski definition) is 1. The third kappa shape index (κ3) is 4.96. The number of aryl methyl sites for hydroxylation is 1. The van der Waals surface area contributed by atoms with E-state index in [1.165, 1.54) is 11.1 Å². The van der Waals surface area contributed by atoms with Gasteiger partial charge in [0, 0.05) is 19.2 Å². The van der Waals surface area contributed by atoms with E-state index in [0.29, 0.717) is 6.04 Å². The van der Waals surface area contributed by atoms with Crippen molar-refractivity contribution in [1.29, 1.82) is 0 Å². The summed E-state index contributed by atoms with van der Waals surface area (Å²) in [6, 6.07) is 9.02. The van der Waals surface area contributed by atoms with E-state index in [2.05, 4.69) is 43.4 Å². The van der Waals surface area contributed by atoms with Gasteiger partial charge in [0.2, 0.25) is 0 Å². The normalized spacial score (nSPS) is 12.7. The Morgan fingerprint density at radius 2 is 1.93 bits per heavy atom. The van der Waals surface area contributed by atoms with Crippen molar-refractivity contribution in [2.24, 2.45) is 0 Å². The maximum absolute atomic E-state index is 5.34. The summed E-state index contributed by atoms with van der Waals surface area (Å²) in [5.41, 5.74) is 2.63. The zero-order chi connectivity index (χ0) is 11.1. The minimum Gasteiger partial charge on any atom is -0.380 e. The van der Waals surface area contributed by atoms with Gasteiger partial charge in [0.15, 0.2) is 0 Å². The van der Waals surface area contributed by atoms with Gasteiger partial charge in [-0.1, -0.05) is 29.8 Å². The summed E-state index contributed by atoms with van der Waals surface area (Å²) < 4.78 is 5.34. The molecule has 0 heterocycles. The lowest BCUT2D eigenvalue weighted by Crippen LogP contribution is -2.30. The molecule has 0 saturated heterocycles. The van der Waals surface area contributed by atoms with Gasteiger partial charge in [-0.25, -0.2) is 0 Å². The quantitative estimate of drug-likeness (QED) is 0.774. The first-order valence-corrected chi connectivity index (χ1v) is 5.59. The lowest BCUT2D eigenvalue weighted by Gasteiger charge is -2.13. The molecule has 84 valence electrons. The molecule has 1 rings (SSSR count).